The minimum absolute atomic E-state index is 0.0386. The zero-order valence-electron chi connectivity index (χ0n) is 17.5. The van der Waals surface area contributed by atoms with Crippen LogP contribution in [0.1, 0.15) is 6.92 Å². The highest BCUT2D eigenvalue weighted by molar-refractivity contribution is 7.89. The Kier molecular flexibility index (Phi) is 6.47. The molecule has 0 amide bonds. The smallest absolute Gasteiger partial charge is 0.243 e. The third-order valence-electron chi connectivity index (χ3n) is 5.01. The van der Waals surface area contributed by atoms with Crippen molar-refractivity contribution < 1.29 is 17.5 Å². The molecule has 0 spiro atoms. The van der Waals surface area contributed by atoms with E-state index >= 15 is 0 Å². The van der Waals surface area contributed by atoms with Crippen molar-refractivity contribution >= 4 is 27.3 Å². The molecule has 3 heterocycles. The second kappa shape index (κ2) is 9.45. The third-order valence-corrected chi connectivity index (χ3v) is 6.90. The van der Waals surface area contributed by atoms with E-state index < -0.39 is 15.8 Å². The van der Waals surface area contributed by atoms with E-state index in [1.807, 2.05) is 29.2 Å². The Balaban J connectivity index is 1.38. The van der Waals surface area contributed by atoms with Gasteiger partial charge >= 0.3 is 0 Å². The van der Waals surface area contributed by atoms with Crippen molar-refractivity contribution in [3.8, 4) is 5.75 Å². The van der Waals surface area contributed by atoms with Crippen molar-refractivity contribution in [2.75, 3.05) is 43.0 Å². The molecule has 0 radical (unpaired) electrons. The van der Waals surface area contributed by atoms with Gasteiger partial charge in [-0.2, -0.15) is 4.31 Å². The van der Waals surface area contributed by atoms with Crippen molar-refractivity contribution in [1.82, 2.24) is 19.5 Å². The molecule has 0 saturated carbocycles. The Bertz CT molecular complexity index is 1150. The minimum atomic E-state index is -3.80. The molecular formula is C21H23FN6O3S. The summed E-state index contributed by atoms with van der Waals surface area (Å²) in [5, 5.41) is 11.6. The SMILES string of the molecule is CCOc1ccc(S(=O)(=O)N2CCN(c3ccc(Nc4ccncc4)nn3)CC2)cc1F. The Morgan fingerprint density at radius 3 is 2.41 bits per heavy atom. The molecule has 0 atom stereocenters. The molecule has 0 aliphatic carbocycles. The average molecular weight is 459 g/mol. The number of ether oxygens (including phenoxy) is 1. The molecule has 0 unspecified atom stereocenters. The number of hydrogen-bond donors (Lipinski definition) is 1. The van der Waals surface area contributed by atoms with Crippen LogP contribution in [-0.4, -0.2) is 60.7 Å². The molecule has 4 rings (SSSR count). The summed E-state index contributed by atoms with van der Waals surface area (Å²) in [4.78, 5) is 5.85. The molecule has 9 nitrogen and oxygen atoms in total. The molecule has 168 valence electrons. The van der Waals surface area contributed by atoms with E-state index in [1.165, 1.54) is 16.4 Å². The highest BCUT2D eigenvalue weighted by atomic mass is 32.2. The second-order valence-electron chi connectivity index (χ2n) is 7.05. The molecule has 32 heavy (non-hydrogen) atoms. The number of halogens is 1. The largest absolute Gasteiger partial charge is 0.491 e. The molecule has 1 saturated heterocycles. The Morgan fingerprint density at radius 2 is 1.78 bits per heavy atom. The minimum Gasteiger partial charge on any atom is -0.491 e. The van der Waals surface area contributed by atoms with Crippen LogP contribution in [0.25, 0.3) is 0 Å². The maximum Gasteiger partial charge on any atom is 0.243 e. The normalized spacial score (nSPS) is 14.9. The van der Waals surface area contributed by atoms with Gasteiger partial charge in [0, 0.05) is 44.3 Å². The number of aromatic nitrogens is 3. The lowest BCUT2D eigenvalue weighted by Crippen LogP contribution is -2.49. The molecule has 1 fully saturated rings. The number of rotatable bonds is 7. The first-order valence-electron chi connectivity index (χ1n) is 10.2. The maximum absolute atomic E-state index is 14.1. The fourth-order valence-electron chi connectivity index (χ4n) is 3.36. The quantitative estimate of drug-likeness (QED) is 0.577. The van der Waals surface area contributed by atoms with E-state index in [9.17, 15) is 12.8 Å². The lowest BCUT2D eigenvalue weighted by atomic mass is 10.3. The summed E-state index contributed by atoms with van der Waals surface area (Å²) in [6.45, 7) is 3.45. The number of sulfonamides is 1. The van der Waals surface area contributed by atoms with Crippen LogP contribution in [-0.2, 0) is 10.0 Å². The molecule has 1 aromatic carbocycles. The lowest BCUT2D eigenvalue weighted by molar-refractivity contribution is 0.321. The van der Waals surface area contributed by atoms with Crippen LogP contribution in [0.2, 0.25) is 0 Å². The monoisotopic (exact) mass is 458 g/mol. The maximum atomic E-state index is 14.1. The van der Waals surface area contributed by atoms with Gasteiger partial charge in [-0.3, -0.25) is 4.98 Å². The van der Waals surface area contributed by atoms with Crippen molar-refractivity contribution in [3.63, 3.8) is 0 Å². The lowest BCUT2D eigenvalue weighted by Gasteiger charge is -2.34. The average Bonchev–Trinajstić information content (AvgIpc) is 2.82. The van der Waals surface area contributed by atoms with Gasteiger partial charge < -0.3 is 15.0 Å². The molecule has 3 aromatic rings. The number of nitrogens with one attached hydrogen (secondary N) is 1. The van der Waals surface area contributed by atoms with Crippen LogP contribution in [0, 0.1) is 5.82 Å². The second-order valence-corrected chi connectivity index (χ2v) is 8.99. The summed E-state index contributed by atoms with van der Waals surface area (Å²) in [5.41, 5.74) is 0.853. The van der Waals surface area contributed by atoms with Crippen molar-refractivity contribution in [3.05, 3.63) is 60.7 Å². The van der Waals surface area contributed by atoms with Crippen LogP contribution in [0.15, 0.2) is 59.8 Å². The summed E-state index contributed by atoms with van der Waals surface area (Å²) < 4.78 is 46.5. The van der Waals surface area contributed by atoms with E-state index in [-0.39, 0.29) is 23.7 Å². The Labute approximate surface area is 185 Å². The van der Waals surface area contributed by atoms with Gasteiger partial charge in [-0.1, -0.05) is 0 Å². The molecule has 2 aromatic heterocycles. The Morgan fingerprint density at radius 1 is 1.03 bits per heavy atom. The number of pyridine rings is 1. The van der Waals surface area contributed by atoms with E-state index in [4.69, 9.17) is 4.74 Å². The van der Waals surface area contributed by atoms with Crippen LogP contribution in [0.4, 0.5) is 21.7 Å². The molecule has 0 bridgehead atoms. The zero-order valence-corrected chi connectivity index (χ0v) is 18.3. The van der Waals surface area contributed by atoms with Crippen LogP contribution < -0.4 is 15.0 Å². The van der Waals surface area contributed by atoms with E-state index in [2.05, 4.69) is 20.5 Å². The highest BCUT2D eigenvalue weighted by Crippen LogP contribution is 2.25. The molecule has 1 aliphatic rings. The van der Waals surface area contributed by atoms with Gasteiger partial charge in [0.25, 0.3) is 0 Å². The topological polar surface area (TPSA) is 101 Å². The molecule has 1 aliphatic heterocycles. The van der Waals surface area contributed by atoms with Crippen LogP contribution in [0.5, 0.6) is 5.75 Å². The van der Waals surface area contributed by atoms with Gasteiger partial charge in [-0.15, -0.1) is 10.2 Å². The molecular weight excluding hydrogens is 435 g/mol. The summed E-state index contributed by atoms with van der Waals surface area (Å²) in [7, 11) is -3.80. The standard InChI is InChI=1S/C21H23FN6O3S/c1-2-31-19-4-3-17(15-18(19)22)32(29,30)28-13-11-27(12-14-28)21-6-5-20(25-26-21)24-16-7-9-23-10-8-16/h3-10,15H,2,11-14H2,1H3,(H,23,24,25). The predicted octanol–water partition coefficient (Wildman–Crippen LogP) is 2.66. The van der Waals surface area contributed by atoms with Gasteiger partial charge in [0.05, 0.1) is 11.5 Å². The third kappa shape index (κ3) is 4.78. The first-order valence-corrected chi connectivity index (χ1v) is 11.6. The zero-order chi connectivity index (χ0) is 22.6. The number of anilines is 3. The molecule has 1 N–H and O–H groups in total. The van der Waals surface area contributed by atoms with Crippen molar-refractivity contribution in [2.24, 2.45) is 0 Å². The fraction of sp³-hybridized carbons (Fsp3) is 0.286. The Hall–Kier alpha value is -3.31. The highest BCUT2D eigenvalue weighted by Gasteiger charge is 2.29. The molecule has 11 heteroatoms. The van der Waals surface area contributed by atoms with Gasteiger partial charge in [0.1, 0.15) is 0 Å². The van der Waals surface area contributed by atoms with E-state index in [0.29, 0.717) is 31.3 Å². The van der Waals surface area contributed by atoms with E-state index in [0.717, 1.165) is 11.8 Å². The van der Waals surface area contributed by atoms with Gasteiger partial charge in [-0.05, 0) is 49.4 Å². The first-order chi connectivity index (χ1) is 15.5. The number of benzene rings is 1. The first kappa shape index (κ1) is 21.9. The predicted molar refractivity (Wildman–Crippen MR) is 118 cm³/mol. The summed E-state index contributed by atoms with van der Waals surface area (Å²) in [6, 6.07) is 11.0. The van der Waals surface area contributed by atoms with E-state index in [1.54, 1.807) is 19.3 Å². The van der Waals surface area contributed by atoms with Gasteiger partial charge in [0.2, 0.25) is 10.0 Å². The fourth-order valence-corrected chi connectivity index (χ4v) is 4.80. The van der Waals surface area contributed by atoms with Crippen LogP contribution in [0.3, 0.4) is 0 Å². The number of nitrogens with zero attached hydrogens (tertiary/aromatic N) is 5. The summed E-state index contributed by atoms with van der Waals surface area (Å²) in [6.07, 6.45) is 3.36. The number of piperazine rings is 1. The summed E-state index contributed by atoms with van der Waals surface area (Å²) >= 11 is 0. The van der Waals surface area contributed by atoms with Crippen molar-refractivity contribution in [2.45, 2.75) is 11.8 Å². The van der Waals surface area contributed by atoms with Gasteiger partial charge in [-0.25, -0.2) is 12.8 Å². The van der Waals surface area contributed by atoms with Gasteiger partial charge in [0.15, 0.2) is 23.2 Å². The number of hydrogen-bond acceptors (Lipinski definition) is 8. The van der Waals surface area contributed by atoms with Crippen molar-refractivity contribution in [1.29, 1.82) is 0 Å². The van der Waals surface area contributed by atoms with Crippen LogP contribution >= 0.6 is 0 Å². The summed E-state index contributed by atoms with van der Waals surface area (Å²) in [5.74, 6) is 0.604.